The van der Waals surface area contributed by atoms with E-state index in [2.05, 4.69) is 12.2 Å². The lowest BCUT2D eigenvalue weighted by molar-refractivity contribution is -0.875. The van der Waals surface area contributed by atoms with Gasteiger partial charge in [0, 0.05) is 12.8 Å². The molecule has 134 valence electrons. The highest BCUT2D eigenvalue weighted by Crippen LogP contribution is 2.39. The summed E-state index contributed by atoms with van der Waals surface area (Å²) < 4.78 is 5.72. The lowest BCUT2D eigenvalue weighted by Crippen LogP contribution is -2.58. The van der Waals surface area contributed by atoms with E-state index in [0.717, 1.165) is 25.9 Å². The van der Waals surface area contributed by atoms with E-state index in [9.17, 15) is 9.90 Å². The molecule has 2 atom stereocenters. The Balaban J connectivity index is 1.74. The molecule has 2 rings (SSSR count). The molecule has 0 radical (unpaired) electrons. The largest absolute Gasteiger partial charge is 0.518 e. The molecular weight excluding hydrogens is 292 g/mol. The van der Waals surface area contributed by atoms with Gasteiger partial charge in [-0.25, -0.2) is 0 Å². The van der Waals surface area contributed by atoms with Crippen molar-refractivity contribution in [1.82, 2.24) is 5.32 Å². The zero-order valence-corrected chi connectivity index (χ0v) is 15.0. The zero-order chi connectivity index (χ0) is 16.8. The van der Waals surface area contributed by atoms with Crippen molar-refractivity contribution in [3.63, 3.8) is 0 Å². The van der Waals surface area contributed by atoms with Crippen molar-refractivity contribution in [2.45, 2.75) is 83.0 Å². The highest BCUT2D eigenvalue weighted by atomic mass is 16.6. The fourth-order valence-electron chi connectivity index (χ4n) is 3.95. The number of hydrogen-bond donors (Lipinski definition) is 2. The molecule has 5 heteroatoms. The summed E-state index contributed by atoms with van der Waals surface area (Å²) in [6.07, 6.45) is 10.4. The molecule has 0 saturated carbocycles. The molecule has 2 unspecified atom stereocenters. The van der Waals surface area contributed by atoms with E-state index in [-0.39, 0.29) is 10.6 Å². The standard InChI is InChI=1S/C18H35N2O3/c1-3-4-5-6-7-8-9-10-15-20(2)16(21)18(23-17(20)22)11-13-19-14-12-18/h16,19,21H,3-15H2,1-2H3/q+1. The quantitative estimate of drug-likeness (QED) is 0.504. The fraction of sp³-hybridized carbons (Fsp3) is 0.944. The van der Waals surface area contributed by atoms with Crippen LogP contribution in [0, 0.1) is 0 Å². The number of aliphatic hydroxyl groups excluding tert-OH is 1. The van der Waals surface area contributed by atoms with Gasteiger partial charge in [0.05, 0.1) is 13.6 Å². The number of unbranched alkanes of at least 4 members (excludes halogenated alkanes) is 7. The Labute approximate surface area is 141 Å². The van der Waals surface area contributed by atoms with Crippen LogP contribution in [-0.2, 0) is 4.74 Å². The van der Waals surface area contributed by atoms with Gasteiger partial charge in [0.25, 0.3) is 0 Å². The topological polar surface area (TPSA) is 58.6 Å². The first-order valence-corrected chi connectivity index (χ1v) is 9.53. The predicted molar refractivity (Wildman–Crippen MR) is 91.0 cm³/mol. The molecule has 2 aliphatic rings. The lowest BCUT2D eigenvalue weighted by Gasteiger charge is -2.35. The molecule has 1 amide bonds. The van der Waals surface area contributed by atoms with Gasteiger partial charge in [-0.05, 0) is 25.9 Å². The second kappa shape index (κ2) is 8.45. The first-order chi connectivity index (χ1) is 11.1. The molecule has 2 fully saturated rings. The average molecular weight is 327 g/mol. The van der Waals surface area contributed by atoms with Crippen LogP contribution in [0.1, 0.15) is 71.1 Å². The van der Waals surface area contributed by atoms with Gasteiger partial charge in [-0.2, -0.15) is 9.28 Å². The van der Waals surface area contributed by atoms with E-state index in [4.69, 9.17) is 4.74 Å². The molecule has 5 nitrogen and oxygen atoms in total. The van der Waals surface area contributed by atoms with Crippen LogP contribution in [-0.4, -0.2) is 54.2 Å². The molecular formula is C18H35N2O3+. The number of likely N-dealkylation sites (N-methyl/N-ethyl adjacent to an activating group) is 1. The molecule has 0 aliphatic carbocycles. The number of piperidine rings is 1. The molecule has 2 saturated heterocycles. The van der Waals surface area contributed by atoms with Crippen LogP contribution in [0.4, 0.5) is 4.79 Å². The third-order valence-corrected chi connectivity index (χ3v) is 5.64. The molecule has 0 aromatic heterocycles. The number of aliphatic hydroxyl groups is 1. The summed E-state index contributed by atoms with van der Waals surface area (Å²) >= 11 is 0. The number of ether oxygens (including phenoxy) is 1. The summed E-state index contributed by atoms with van der Waals surface area (Å²) in [5.74, 6) is 0. The Morgan fingerprint density at radius 3 is 2.30 bits per heavy atom. The third kappa shape index (κ3) is 4.25. The highest BCUT2D eigenvalue weighted by Gasteiger charge is 2.63. The van der Waals surface area contributed by atoms with Crippen LogP contribution in [0.2, 0.25) is 0 Å². The highest BCUT2D eigenvalue weighted by molar-refractivity contribution is 5.62. The minimum Gasteiger partial charge on any atom is -0.404 e. The fourth-order valence-corrected chi connectivity index (χ4v) is 3.95. The number of hydrogen-bond acceptors (Lipinski definition) is 4. The van der Waals surface area contributed by atoms with Gasteiger partial charge < -0.3 is 15.2 Å². The minimum absolute atomic E-state index is 0.0375. The van der Waals surface area contributed by atoms with E-state index in [1.54, 1.807) is 0 Å². The van der Waals surface area contributed by atoms with Crippen molar-refractivity contribution < 1.29 is 19.1 Å². The maximum absolute atomic E-state index is 12.4. The Kier molecular flexibility index (Phi) is 6.86. The summed E-state index contributed by atoms with van der Waals surface area (Å²) in [5.41, 5.74) is -0.656. The summed E-state index contributed by atoms with van der Waals surface area (Å²) in [7, 11) is 1.84. The number of nitrogens with zero attached hydrogens (tertiary/aromatic N) is 1. The van der Waals surface area contributed by atoms with E-state index in [1.165, 1.54) is 38.5 Å². The van der Waals surface area contributed by atoms with Crippen LogP contribution < -0.4 is 5.32 Å². The second-order valence-corrected chi connectivity index (χ2v) is 7.52. The Hall–Kier alpha value is -0.650. The van der Waals surface area contributed by atoms with Crippen molar-refractivity contribution in [2.75, 3.05) is 26.7 Å². The number of nitrogens with one attached hydrogen (secondary N) is 1. The van der Waals surface area contributed by atoms with Crippen LogP contribution in [0.5, 0.6) is 0 Å². The number of rotatable bonds is 9. The Bertz CT molecular complexity index is 382. The van der Waals surface area contributed by atoms with Gasteiger partial charge in [-0.15, -0.1) is 0 Å². The van der Waals surface area contributed by atoms with Crippen molar-refractivity contribution in [1.29, 1.82) is 0 Å². The zero-order valence-electron chi connectivity index (χ0n) is 15.0. The van der Waals surface area contributed by atoms with Crippen molar-refractivity contribution in [2.24, 2.45) is 0 Å². The molecule has 1 spiro atoms. The van der Waals surface area contributed by atoms with Gasteiger partial charge in [-0.3, -0.25) is 0 Å². The van der Waals surface area contributed by atoms with E-state index in [0.29, 0.717) is 19.4 Å². The van der Waals surface area contributed by atoms with Gasteiger partial charge in [-0.1, -0.05) is 45.4 Å². The molecule has 0 bridgehead atoms. The van der Waals surface area contributed by atoms with Crippen LogP contribution in [0.3, 0.4) is 0 Å². The van der Waals surface area contributed by atoms with Gasteiger partial charge in [0.2, 0.25) is 6.23 Å². The van der Waals surface area contributed by atoms with Gasteiger partial charge in [0.1, 0.15) is 0 Å². The van der Waals surface area contributed by atoms with Crippen molar-refractivity contribution in [3.8, 4) is 0 Å². The molecule has 0 aromatic rings. The SMILES string of the molecule is CCCCCCCCCC[N+]1(C)C(=O)OC2(CCNCC2)C1O. The summed E-state index contributed by atoms with van der Waals surface area (Å²) in [6.45, 7) is 4.54. The van der Waals surface area contributed by atoms with E-state index in [1.807, 2.05) is 7.05 Å². The molecule has 0 aromatic carbocycles. The normalized spacial score (nSPS) is 29.9. The molecule has 2 N–H and O–H groups in total. The van der Waals surface area contributed by atoms with Crippen LogP contribution >= 0.6 is 0 Å². The first kappa shape index (κ1) is 18.7. The van der Waals surface area contributed by atoms with Crippen molar-refractivity contribution >= 4 is 6.09 Å². The number of amides is 1. The number of quaternary nitrogens is 1. The summed E-state index contributed by atoms with van der Waals surface area (Å²) in [4.78, 5) is 12.4. The van der Waals surface area contributed by atoms with Crippen molar-refractivity contribution in [3.05, 3.63) is 0 Å². The summed E-state index contributed by atoms with van der Waals surface area (Å²) in [5, 5.41) is 14.1. The van der Waals surface area contributed by atoms with E-state index < -0.39 is 11.8 Å². The molecule has 23 heavy (non-hydrogen) atoms. The maximum Gasteiger partial charge on any atom is 0.518 e. The van der Waals surface area contributed by atoms with Gasteiger partial charge in [0.15, 0.2) is 5.60 Å². The predicted octanol–water partition coefficient (Wildman–Crippen LogP) is 3.16. The molecule has 2 heterocycles. The van der Waals surface area contributed by atoms with E-state index >= 15 is 0 Å². The Morgan fingerprint density at radius 2 is 1.70 bits per heavy atom. The Morgan fingerprint density at radius 1 is 1.13 bits per heavy atom. The van der Waals surface area contributed by atoms with Crippen LogP contribution in [0.15, 0.2) is 0 Å². The maximum atomic E-state index is 12.4. The van der Waals surface area contributed by atoms with Crippen LogP contribution in [0.25, 0.3) is 0 Å². The smallest absolute Gasteiger partial charge is 0.404 e. The average Bonchev–Trinajstić information content (AvgIpc) is 2.73. The second-order valence-electron chi connectivity index (χ2n) is 7.52. The minimum atomic E-state index is -0.721. The number of carbonyl (C=O) groups excluding carboxylic acids is 1. The molecule has 2 aliphatic heterocycles. The first-order valence-electron chi connectivity index (χ1n) is 9.53. The monoisotopic (exact) mass is 327 g/mol. The van der Waals surface area contributed by atoms with Gasteiger partial charge >= 0.3 is 6.09 Å². The lowest BCUT2D eigenvalue weighted by atomic mass is 9.90. The number of carbonyl (C=O) groups is 1. The third-order valence-electron chi connectivity index (χ3n) is 5.64. The summed E-state index contributed by atoms with van der Waals surface area (Å²) in [6, 6.07) is 0.